The number of hydrogen-bond acceptors (Lipinski definition) is 3. The minimum atomic E-state index is -0.921. The van der Waals surface area contributed by atoms with Gasteiger partial charge in [0, 0.05) is 26.3 Å². The van der Waals surface area contributed by atoms with Gasteiger partial charge in [-0.3, -0.25) is 19.8 Å². The fourth-order valence-electron chi connectivity index (χ4n) is 4.13. The van der Waals surface area contributed by atoms with Crippen molar-refractivity contribution in [2.45, 2.75) is 27.7 Å². The summed E-state index contributed by atoms with van der Waals surface area (Å²) in [7, 11) is 0. The number of hydrogen-bond donors (Lipinski definition) is 3. The first-order valence-corrected chi connectivity index (χ1v) is 12.3. The van der Waals surface area contributed by atoms with Gasteiger partial charge in [-0.25, -0.2) is 4.68 Å². The molecule has 0 fully saturated rings. The molecule has 3 aromatic carbocycles. The van der Waals surface area contributed by atoms with Crippen LogP contribution in [0.15, 0.2) is 59.1 Å². The van der Waals surface area contributed by atoms with Gasteiger partial charge in [-0.1, -0.05) is 45.2 Å². The SMILES string of the molecule is Cc1cc(C)c(NC(=O)C(=O)Nn2c(C(=O)Nc3ccc(Br)cc3C)cc3cc(Cl)ccc32)c(C)c1. The van der Waals surface area contributed by atoms with E-state index in [0.29, 0.717) is 27.3 Å². The van der Waals surface area contributed by atoms with Crippen LogP contribution in [0.5, 0.6) is 0 Å². The van der Waals surface area contributed by atoms with Crippen molar-refractivity contribution in [1.29, 1.82) is 0 Å². The van der Waals surface area contributed by atoms with E-state index in [2.05, 4.69) is 32.0 Å². The normalized spacial score (nSPS) is 10.8. The third-order valence-electron chi connectivity index (χ3n) is 5.77. The zero-order valence-electron chi connectivity index (χ0n) is 20.1. The summed E-state index contributed by atoms with van der Waals surface area (Å²) in [5, 5.41) is 6.66. The number of fused-ring (bicyclic) bond motifs is 1. The molecule has 36 heavy (non-hydrogen) atoms. The molecule has 9 heteroatoms. The van der Waals surface area contributed by atoms with Gasteiger partial charge in [0.15, 0.2) is 0 Å². The van der Waals surface area contributed by atoms with E-state index in [1.807, 2.05) is 52.0 Å². The number of benzene rings is 3. The minimum Gasteiger partial charge on any atom is -0.320 e. The van der Waals surface area contributed by atoms with Crippen LogP contribution in [0.1, 0.15) is 32.7 Å². The summed E-state index contributed by atoms with van der Waals surface area (Å²) in [6.45, 7) is 7.56. The summed E-state index contributed by atoms with van der Waals surface area (Å²) in [6, 6.07) is 15.9. The van der Waals surface area contributed by atoms with Crippen LogP contribution in [0, 0.1) is 27.7 Å². The summed E-state index contributed by atoms with van der Waals surface area (Å²) in [5.41, 5.74) is 8.02. The van der Waals surface area contributed by atoms with Gasteiger partial charge in [0.25, 0.3) is 5.91 Å². The van der Waals surface area contributed by atoms with E-state index in [9.17, 15) is 14.4 Å². The van der Waals surface area contributed by atoms with Gasteiger partial charge in [0.2, 0.25) is 0 Å². The van der Waals surface area contributed by atoms with Crippen LogP contribution >= 0.6 is 27.5 Å². The zero-order chi connectivity index (χ0) is 26.1. The fourth-order valence-corrected chi connectivity index (χ4v) is 4.78. The Balaban J connectivity index is 1.65. The van der Waals surface area contributed by atoms with Crippen molar-refractivity contribution < 1.29 is 14.4 Å². The first-order chi connectivity index (χ1) is 17.0. The van der Waals surface area contributed by atoms with E-state index in [4.69, 9.17) is 11.6 Å². The Kier molecular flexibility index (Phi) is 7.19. The number of halogens is 2. The highest BCUT2D eigenvalue weighted by Gasteiger charge is 2.22. The highest BCUT2D eigenvalue weighted by atomic mass is 79.9. The molecule has 4 rings (SSSR count). The molecular weight excluding hydrogens is 544 g/mol. The van der Waals surface area contributed by atoms with E-state index in [0.717, 1.165) is 26.7 Å². The monoisotopic (exact) mass is 566 g/mol. The molecule has 0 saturated carbocycles. The van der Waals surface area contributed by atoms with Gasteiger partial charge in [-0.2, -0.15) is 0 Å². The molecule has 0 unspecified atom stereocenters. The van der Waals surface area contributed by atoms with Crippen LogP contribution < -0.4 is 16.1 Å². The van der Waals surface area contributed by atoms with Crippen LogP contribution in [0.3, 0.4) is 0 Å². The number of anilines is 2. The van der Waals surface area contributed by atoms with Gasteiger partial charge in [-0.15, -0.1) is 0 Å². The lowest BCUT2D eigenvalue weighted by molar-refractivity contribution is -0.133. The Labute approximate surface area is 221 Å². The van der Waals surface area contributed by atoms with Crippen molar-refractivity contribution in [1.82, 2.24) is 4.68 Å². The van der Waals surface area contributed by atoms with E-state index in [-0.39, 0.29) is 5.69 Å². The molecule has 0 aliphatic carbocycles. The lowest BCUT2D eigenvalue weighted by atomic mass is 10.1. The summed E-state index contributed by atoms with van der Waals surface area (Å²) in [6.07, 6.45) is 0. The highest BCUT2D eigenvalue weighted by Crippen LogP contribution is 2.26. The minimum absolute atomic E-state index is 0.137. The number of carbonyl (C=O) groups is 3. The molecule has 0 bridgehead atoms. The molecule has 7 nitrogen and oxygen atoms in total. The number of nitrogens with one attached hydrogen (secondary N) is 3. The summed E-state index contributed by atoms with van der Waals surface area (Å²) in [4.78, 5) is 39.0. The van der Waals surface area contributed by atoms with Crippen LogP contribution in [0.25, 0.3) is 10.9 Å². The van der Waals surface area contributed by atoms with Gasteiger partial charge in [0.1, 0.15) is 5.69 Å². The van der Waals surface area contributed by atoms with Crippen LogP contribution in [0.2, 0.25) is 5.02 Å². The van der Waals surface area contributed by atoms with E-state index >= 15 is 0 Å². The molecule has 184 valence electrons. The van der Waals surface area contributed by atoms with Gasteiger partial charge in [0.05, 0.1) is 5.52 Å². The standard InChI is InChI=1S/C27H24BrClN4O3/c1-14-9-16(3)24(17(4)10-14)31-26(35)27(36)32-33-22-8-6-20(29)12-18(22)13-23(33)25(34)30-21-7-5-19(28)11-15(21)2/h5-13H,1-4H3,(H,30,34)(H,31,35)(H,32,36). The first kappa shape index (κ1) is 25.5. The maximum Gasteiger partial charge on any atom is 0.328 e. The number of amides is 3. The number of aryl methyl sites for hydroxylation is 4. The molecule has 3 N–H and O–H groups in total. The Morgan fingerprint density at radius 1 is 0.806 bits per heavy atom. The van der Waals surface area contributed by atoms with Crippen molar-refractivity contribution in [2.24, 2.45) is 0 Å². The van der Waals surface area contributed by atoms with E-state index in [1.165, 1.54) is 4.68 Å². The number of nitrogens with zero attached hydrogens (tertiary/aromatic N) is 1. The van der Waals surface area contributed by atoms with E-state index in [1.54, 1.807) is 30.3 Å². The molecule has 0 aliphatic rings. The smallest absolute Gasteiger partial charge is 0.320 e. The third kappa shape index (κ3) is 5.29. The second-order valence-corrected chi connectivity index (χ2v) is 10.0. The Morgan fingerprint density at radius 3 is 2.17 bits per heavy atom. The number of carbonyl (C=O) groups excluding carboxylic acids is 3. The number of aromatic nitrogens is 1. The second-order valence-electron chi connectivity index (χ2n) is 8.65. The molecule has 0 spiro atoms. The fraction of sp³-hybridized carbons (Fsp3) is 0.148. The Morgan fingerprint density at radius 2 is 1.50 bits per heavy atom. The summed E-state index contributed by atoms with van der Waals surface area (Å²) >= 11 is 9.56. The van der Waals surface area contributed by atoms with Crippen molar-refractivity contribution >= 4 is 67.5 Å². The molecule has 0 radical (unpaired) electrons. The van der Waals surface area contributed by atoms with Crippen molar-refractivity contribution in [3.63, 3.8) is 0 Å². The average molecular weight is 568 g/mol. The maximum absolute atomic E-state index is 13.3. The molecule has 0 saturated heterocycles. The molecule has 3 amide bonds. The first-order valence-electron chi connectivity index (χ1n) is 11.1. The Hall–Kier alpha value is -3.62. The molecule has 4 aromatic rings. The summed E-state index contributed by atoms with van der Waals surface area (Å²) in [5.74, 6) is -2.23. The summed E-state index contributed by atoms with van der Waals surface area (Å²) < 4.78 is 2.19. The van der Waals surface area contributed by atoms with Crippen molar-refractivity contribution in [3.05, 3.63) is 92.0 Å². The Bertz CT molecular complexity index is 1520. The van der Waals surface area contributed by atoms with Gasteiger partial charge < -0.3 is 10.6 Å². The van der Waals surface area contributed by atoms with Crippen LogP contribution in [-0.2, 0) is 9.59 Å². The van der Waals surface area contributed by atoms with Crippen molar-refractivity contribution in [2.75, 3.05) is 16.1 Å². The molecule has 0 atom stereocenters. The maximum atomic E-state index is 13.3. The zero-order valence-corrected chi connectivity index (χ0v) is 22.5. The molecule has 1 heterocycles. The molecular formula is C27H24BrClN4O3. The predicted molar refractivity (Wildman–Crippen MR) is 147 cm³/mol. The number of rotatable bonds is 4. The largest absolute Gasteiger partial charge is 0.328 e. The molecule has 0 aliphatic heterocycles. The highest BCUT2D eigenvalue weighted by molar-refractivity contribution is 9.10. The quantitative estimate of drug-likeness (QED) is 0.255. The van der Waals surface area contributed by atoms with Crippen LogP contribution in [0.4, 0.5) is 11.4 Å². The average Bonchev–Trinajstić information content (AvgIpc) is 3.15. The molecule has 1 aromatic heterocycles. The second kappa shape index (κ2) is 10.2. The van der Waals surface area contributed by atoms with Crippen LogP contribution in [-0.4, -0.2) is 22.4 Å². The van der Waals surface area contributed by atoms with Crippen molar-refractivity contribution in [3.8, 4) is 0 Å². The lowest BCUT2D eigenvalue weighted by Gasteiger charge is -2.15. The van der Waals surface area contributed by atoms with Gasteiger partial charge in [-0.05, 0) is 86.8 Å². The topological polar surface area (TPSA) is 92.2 Å². The third-order valence-corrected chi connectivity index (χ3v) is 6.50. The van der Waals surface area contributed by atoms with E-state index < -0.39 is 17.7 Å². The van der Waals surface area contributed by atoms with Gasteiger partial charge >= 0.3 is 11.8 Å². The predicted octanol–water partition coefficient (Wildman–Crippen LogP) is 6.25. The lowest BCUT2D eigenvalue weighted by Crippen LogP contribution is -2.36.